The summed E-state index contributed by atoms with van der Waals surface area (Å²) in [6.45, 7) is 5.85. The van der Waals surface area contributed by atoms with Crippen molar-refractivity contribution >= 4 is 17.7 Å². The number of hydrogen-bond donors (Lipinski definition) is 2. The molecule has 0 saturated carbocycles. The minimum Gasteiger partial charge on any atom is -0.340 e. The average Bonchev–Trinajstić information content (AvgIpc) is 2.40. The van der Waals surface area contributed by atoms with Gasteiger partial charge in [-0.15, -0.1) is 0 Å². The van der Waals surface area contributed by atoms with Gasteiger partial charge in [-0.05, 0) is 29.5 Å². The van der Waals surface area contributed by atoms with Crippen LogP contribution in [0, 0.1) is 5.82 Å². The van der Waals surface area contributed by atoms with Gasteiger partial charge >= 0.3 is 0 Å². The Morgan fingerprint density at radius 3 is 2.55 bits per heavy atom. The van der Waals surface area contributed by atoms with Gasteiger partial charge in [-0.3, -0.25) is 19.7 Å². The second-order valence-electron chi connectivity index (χ2n) is 6.42. The second kappa shape index (κ2) is 5.87. The fraction of sp³-hybridized carbons (Fsp3) is 0.438. The number of halogens is 1. The molecular formula is C16H19FN2O3. The van der Waals surface area contributed by atoms with E-state index in [9.17, 15) is 18.8 Å². The molecule has 1 fully saturated rings. The van der Waals surface area contributed by atoms with E-state index >= 15 is 0 Å². The van der Waals surface area contributed by atoms with Crippen molar-refractivity contribution in [1.82, 2.24) is 10.6 Å². The molecule has 1 aromatic rings. The number of rotatable bonds is 2. The van der Waals surface area contributed by atoms with Crippen LogP contribution < -0.4 is 10.6 Å². The molecule has 1 heterocycles. The molecule has 2 rings (SSSR count). The Bertz CT molecular complexity index is 635. The van der Waals surface area contributed by atoms with E-state index in [2.05, 4.69) is 10.6 Å². The first-order chi connectivity index (χ1) is 10.2. The molecule has 1 aliphatic heterocycles. The smallest absolute Gasteiger partial charge is 0.254 e. The van der Waals surface area contributed by atoms with E-state index in [0.29, 0.717) is 0 Å². The summed E-state index contributed by atoms with van der Waals surface area (Å²) in [6, 6.07) is 3.63. The Morgan fingerprint density at radius 2 is 2.00 bits per heavy atom. The van der Waals surface area contributed by atoms with Crippen LogP contribution in [0.4, 0.5) is 4.39 Å². The Morgan fingerprint density at radius 1 is 1.32 bits per heavy atom. The molecule has 0 spiro atoms. The molecule has 1 unspecified atom stereocenters. The van der Waals surface area contributed by atoms with Crippen LogP contribution in [0.15, 0.2) is 18.2 Å². The third-order valence-corrected chi connectivity index (χ3v) is 3.62. The van der Waals surface area contributed by atoms with Crippen LogP contribution in [0.1, 0.15) is 49.5 Å². The van der Waals surface area contributed by atoms with Crippen LogP contribution in [-0.4, -0.2) is 23.8 Å². The monoisotopic (exact) mass is 306 g/mol. The topological polar surface area (TPSA) is 75.3 Å². The van der Waals surface area contributed by atoms with Gasteiger partial charge in [0.1, 0.15) is 11.9 Å². The number of nitrogens with one attached hydrogen (secondary N) is 2. The first-order valence-electron chi connectivity index (χ1n) is 7.13. The zero-order valence-electron chi connectivity index (χ0n) is 12.8. The third-order valence-electron chi connectivity index (χ3n) is 3.62. The summed E-state index contributed by atoms with van der Waals surface area (Å²) in [5.41, 5.74) is 0.444. The van der Waals surface area contributed by atoms with Crippen LogP contribution in [0.25, 0.3) is 0 Å². The molecule has 1 saturated heterocycles. The van der Waals surface area contributed by atoms with Gasteiger partial charge in [-0.2, -0.15) is 0 Å². The van der Waals surface area contributed by atoms with E-state index in [-0.39, 0.29) is 29.7 Å². The molecule has 0 bridgehead atoms. The summed E-state index contributed by atoms with van der Waals surface area (Å²) < 4.78 is 14.1. The van der Waals surface area contributed by atoms with Gasteiger partial charge in [-0.25, -0.2) is 4.39 Å². The summed E-state index contributed by atoms with van der Waals surface area (Å²) in [5.74, 6) is -2.21. The van der Waals surface area contributed by atoms with E-state index in [1.54, 1.807) is 6.07 Å². The van der Waals surface area contributed by atoms with Crippen LogP contribution in [0.2, 0.25) is 0 Å². The second-order valence-corrected chi connectivity index (χ2v) is 6.42. The van der Waals surface area contributed by atoms with Gasteiger partial charge < -0.3 is 5.32 Å². The lowest BCUT2D eigenvalue weighted by Gasteiger charge is -2.22. The molecule has 1 aliphatic rings. The Kier molecular flexibility index (Phi) is 4.30. The molecule has 1 atom stereocenters. The molecule has 0 aromatic heterocycles. The number of amides is 3. The van der Waals surface area contributed by atoms with Crippen molar-refractivity contribution in [2.24, 2.45) is 0 Å². The number of hydrogen-bond acceptors (Lipinski definition) is 3. The van der Waals surface area contributed by atoms with E-state index in [1.165, 1.54) is 12.1 Å². The highest BCUT2D eigenvalue weighted by Gasteiger charge is 2.29. The summed E-state index contributed by atoms with van der Waals surface area (Å²) in [5, 5.41) is 4.60. The normalized spacial score (nSPS) is 18.8. The lowest BCUT2D eigenvalue weighted by Crippen LogP contribution is -2.52. The van der Waals surface area contributed by atoms with Crippen molar-refractivity contribution in [2.45, 2.75) is 45.1 Å². The van der Waals surface area contributed by atoms with Gasteiger partial charge in [0.05, 0.1) is 5.56 Å². The molecule has 22 heavy (non-hydrogen) atoms. The summed E-state index contributed by atoms with van der Waals surface area (Å²) in [4.78, 5) is 34.8. The largest absolute Gasteiger partial charge is 0.340 e. The Balaban J connectivity index is 2.13. The minimum absolute atomic E-state index is 0.113. The highest BCUT2D eigenvalue weighted by molar-refractivity contribution is 6.03. The first-order valence-corrected chi connectivity index (χ1v) is 7.13. The highest BCUT2D eigenvalue weighted by Crippen LogP contribution is 2.24. The van der Waals surface area contributed by atoms with Gasteiger partial charge in [0.15, 0.2) is 0 Å². The molecule has 6 heteroatoms. The maximum atomic E-state index is 14.1. The van der Waals surface area contributed by atoms with Gasteiger partial charge in [0, 0.05) is 6.42 Å². The van der Waals surface area contributed by atoms with E-state index in [0.717, 1.165) is 5.56 Å². The number of piperidine rings is 1. The number of carbonyl (C=O) groups excluding carboxylic acids is 3. The zero-order valence-corrected chi connectivity index (χ0v) is 12.8. The lowest BCUT2D eigenvalue weighted by atomic mass is 9.86. The number of benzene rings is 1. The fourth-order valence-corrected chi connectivity index (χ4v) is 2.23. The maximum Gasteiger partial charge on any atom is 0.254 e. The van der Waals surface area contributed by atoms with Crippen molar-refractivity contribution in [3.05, 3.63) is 35.1 Å². The molecular weight excluding hydrogens is 287 g/mol. The van der Waals surface area contributed by atoms with Crippen LogP contribution in [-0.2, 0) is 15.0 Å². The summed E-state index contributed by atoms with van der Waals surface area (Å²) in [7, 11) is 0. The van der Waals surface area contributed by atoms with E-state index in [1.807, 2.05) is 20.8 Å². The van der Waals surface area contributed by atoms with E-state index in [4.69, 9.17) is 0 Å². The molecule has 1 aromatic carbocycles. The van der Waals surface area contributed by atoms with Crippen LogP contribution in [0.5, 0.6) is 0 Å². The van der Waals surface area contributed by atoms with Crippen molar-refractivity contribution in [2.75, 3.05) is 0 Å². The van der Waals surface area contributed by atoms with Gasteiger partial charge in [-0.1, -0.05) is 26.8 Å². The first kappa shape index (κ1) is 16.1. The fourth-order valence-electron chi connectivity index (χ4n) is 2.23. The van der Waals surface area contributed by atoms with Gasteiger partial charge in [0.25, 0.3) is 5.91 Å². The van der Waals surface area contributed by atoms with Gasteiger partial charge in [0.2, 0.25) is 11.8 Å². The predicted molar refractivity (Wildman–Crippen MR) is 78.7 cm³/mol. The third kappa shape index (κ3) is 3.50. The van der Waals surface area contributed by atoms with Crippen LogP contribution in [0.3, 0.4) is 0 Å². The summed E-state index contributed by atoms with van der Waals surface area (Å²) >= 11 is 0. The maximum absolute atomic E-state index is 14.1. The number of carbonyl (C=O) groups is 3. The predicted octanol–water partition coefficient (Wildman–Crippen LogP) is 1.66. The van der Waals surface area contributed by atoms with Crippen molar-refractivity contribution < 1.29 is 18.8 Å². The van der Waals surface area contributed by atoms with Crippen molar-refractivity contribution in [1.29, 1.82) is 0 Å². The highest BCUT2D eigenvalue weighted by atomic mass is 19.1. The molecule has 0 aliphatic carbocycles. The SMILES string of the molecule is CC(C)(C)c1ccc(C(=O)NC2CCC(=O)NC2=O)c(F)c1. The van der Waals surface area contributed by atoms with Crippen molar-refractivity contribution in [3.63, 3.8) is 0 Å². The Hall–Kier alpha value is -2.24. The van der Waals surface area contributed by atoms with Crippen molar-refractivity contribution in [3.8, 4) is 0 Å². The minimum atomic E-state index is -0.813. The molecule has 5 nitrogen and oxygen atoms in total. The molecule has 2 N–H and O–H groups in total. The zero-order chi connectivity index (χ0) is 16.5. The summed E-state index contributed by atoms with van der Waals surface area (Å²) in [6.07, 6.45) is 0.375. The quantitative estimate of drug-likeness (QED) is 0.816. The average molecular weight is 306 g/mol. The lowest BCUT2D eigenvalue weighted by molar-refractivity contribution is -0.134. The van der Waals surface area contributed by atoms with Crippen LogP contribution >= 0.6 is 0 Å². The number of imide groups is 1. The molecule has 0 radical (unpaired) electrons. The Labute approximate surface area is 128 Å². The molecule has 3 amide bonds. The van der Waals surface area contributed by atoms with E-state index < -0.39 is 23.7 Å². The molecule has 118 valence electrons. The standard InChI is InChI=1S/C16H19FN2O3/c1-16(2,3)9-4-5-10(11(17)8-9)14(21)18-12-6-7-13(20)19-15(12)22/h4-5,8,12H,6-7H2,1-3H3,(H,18,21)(H,19,20,22).